The Hall–Kier alpha value is -2.48. The molecule has 0 spiro atoms. The highest BCUT2D eigenvalue weighted by atomic mass is 35.5. The summed E-state index contributed by atoms with van der Waals surface area (Å²) in [5.74, 6) is 1.50. The SMILES string of the molecule is CCC(C)NC(=O)c1ccc(CSc2nc(Cl)cc(N3CCN(c4ccc(Cl)cc4)CC3)n2)cc1. The molecule has 1 saturated heterocycles. The summed E-state index contributed by atoms with van der Waals surface area (Å²) in [6.07, 6.45) is 0.903. The number of benzene rings is 2. The maximum absolute atomic E-state index is 12.3. The van der Waals surface area contributed by atoms with Gasteiger partial charge in [-0.1, -0.05) is 54.0 Å². The minimum absolute atomic E-state index is 0.0440. The molecule has 1 aromatic heterocycles. The summed E-state index contributed by atoms with van der Waals surface area (Å²) in [6.45, 7) is 7.53. The molecule has 2 heterocycles. The minimum Gasteiger partial charge on any atom is -0.368 e. The normalized spacial score (nSPS) is 14.6. The number of nitrogens with one attached hydrogen (secondary N) is 1. The largest absolute Gasteiger partial charge is 0.368 e. The number of nitrogens with zero attached hydrogens (tertiary/aromatic N) is 4. The van der Waals surface area contributed by atoms with Gasteiger partial charge in [-0.05, 0) is 55.3 Å². The number of hydrogen-bond donors (Lipinski definition) is 1. The second kappa shape index (κ2) is 12.0. The van der Waals surface area contributed by atoms with Crippen LogP contribution in [0, 0.1) is 0 Å². The Balaban J connectivity index is 1.34. The summed E-state index contributed by atoms with van der Waals surface area (Å²) in [6, 6.07) is 17.6. The summed E-state index contributed by atoms with van der Waals surface area (Å²) in [5.41, 5.74) is 2.93. The van der Waals surface area contributed by atoms with Crippen molar-refractivity contribution in [3.8, 4) is 0 Å². The van der Waals surface area contributed by atoms with E-state index in [1.54, 1.807) is 0 Å². The van der Waals surface area contributed by atoms with Crippen molar-refractivity contribution in [2.75, 3.05) is 36.0 Å². The first-order chi connectivity index (χ1) is 16.9. The van der Waals surface area contributed by atoms with Gasteiger partial charge in [-0.25, -0.2) is 9.97 Å². The van der Waals surface area contributed by atoms with Crippen LogP contribution in [0.5, 0.6) is 0 Å². The maximum Gasteiger partial charge on any atom is 0.251 e. The molecule has 4 rings (SSSR count). The van der Waals surface area contributed by atoms with E-state index in [4.69, 9.17) is 28.2 Å². The van der Waals surface area contributed by atoms with E-state index in [0.29, 0.717) is 21.6 Å². The highest BCUT2D eigenvalue weighted by Gasteiger charge is 2.20. The van der Waals surface area contributed by atoms with Gasteiger partial charge in [0.05, 0.1) is 0 Å². The highest BCUT2D eigenvalue weighted by molar-refractivity contribution is 7.98. The quantitative estimate of drug-likeness (QED) is 0.221. The van der Waals surface area contributed by atoms with Crippen molar-refractivity contribution in [3.05, 3.63) is 75.9 Å². The third-order valence-electron chi connectivity index (χ3n) is 6.03. The Kier molecular flexibility index (Phi) is 8.76. The molecule has 9 heteroatoms. The molecule has 1 N–H and O–H groups in total. The molecule has 184 valence electrons. The monoisotopic (exact) mass is 529 g/mol. The number of carbonyl (C=O) groups is 1. The topological polar surface area (TPSA) is 61.4 Å². The molecule has 1 aliphatic heterocycles. The summed E-state index contributed by atoms with van der Waals surface area (Å²) in [7, 11) is 0. The van der Waals surface area contributed by atoms with Gasteiger partial charge in [-0.3, -0.25) is 4.79 Å². The number of amides is 1. The molecule has 2 aromatic carbocycles. The minimum atomic E-state index is -0.0440. The van der Waals surface area contributed by atoms with Crippen LogP contribution in [0.4, 0.5) is 11.5 Å². The number of hydrogen-bond acceptors (Lipinski definition) is 6. The predicted octanol–water partition coefficient (Wildman–Crippen LogP) is 5.93. The number of anilines is 2. The summed E-state index contributed by atoms with van der Waals surface area (Å²) in [4.78, 5) is 26.0. The van der Waals surface area contributed by atoms with Crippen molar-refractivity contribution in [1.29, 1.82) is 0 Å². The van der Waals surface area contributed by atoms with Crippen LogP contribution < -0.4 is 15.1 Å². The molecule has 1 atom stereocenters. The van der Waals surface area contributed by atoms with E-state index in [1.807, 2.05) is 49.4 Å². The molecule has 0 bridgehead atoms. The predicted molar refractivity (Wildman–Crippen MR) is 146 cm³/mol. The zero-order chi connectivity index (χ0) is 24.8. The van der Waals surface area contributed by atoms with Gasteiger partial charge in [0.15, 0.2) is 5.16 Å². The molecular formula is C26H29Cl2N5OS. The van der Waals surface area contributed by atoms with Crippen LogP contribution in [0.2, 0.25) is 10.2 Å². The van der Waals surface area contributed by atoms with Crippen LogP contribution in [0.15, 0.2) is 59.8 Å². The Morgan fingerprint density at radius 2 is 1.66 bits per heavy atom. The van der Waals surface area contributed by atoms with E-state index in [9.17, 15) is 4.79 Å². The Labute approximate surface area is 221 Å². The van der Waals surface area contributed by atoms with Crippen LogP contribution >= 0.6 is 35.0 Å². The average molecular weight is 531 g/mol. The lowest BCUT2D eigenvalue weighted by Gasteiger charge is -2.36. The third kappa shape index (κ3) is 7.03. The number of aromatic nitrogens is 2. The van der Waals surface area contributed by atoms with Crippen LogP contribution in [0.25, 0.3) is 0 Å². The Morgan fingerprint density at radius 3 is 2.31 bits per heavy atom. The summed E-state index contributed by atoms with van der Waals surface area (Å²) < 4.78 is 0. The van der Waals surface area contributed by atoms with Gasteiger partial charge in [-0.15, -0.1) is 0 Å². The lowest BCUT2D eigenvalue weighted by atomic mass is 10.1. The molecule has 1 aliphatic rings. The van der Waals surface area contributed by atoms with Crippen molar-refractivity contribution < 1.29 is 4.79 Å². The molecule has 1 amide bonds. The lowest BCUT2D eigenvalue weighted by Crippen LogP contribution is -2.46. The zero-order valence-electron chi connectivity index (χ0n) is 19.9. The molecule has 0 saturated carbocycles. The first-order valence-electron chi connectivity index (χ1n) is 11.7. The first-order valence-corrected chi connectivity index (χ1v) is 13.5. The zero-order valence-corrected chi connectivity index (χ0v) is 22.2. The highest BCUT2D eigenvalue weighted by Crippen LogP contribution is 2.26. The maximum atomic E-state index is 12.3. The molecule has 35 heavy (non-hydrogen) atoms. The smallest absolute Gasteiger partial charge is 0.251 e. The van der Waals surface area contributed by atoms with Crippen molar-refractivity contribution in [1.82, 2.24) is 15.3 Å². The lowest BCUT2D eigenvalue weighted by molar-refractivity contribution is 0.0939. The standard InChI is InChI=1S/C26H29Cl2N5OS/c1-3-18(2)29-25(34)20-6-4-19(5-7-20)17-35-26-30-23(28)16-24(31-26)33-14-12-32(13-15-33)22-10-8-21(27)9-11-22/h4-11,16,18H,3,12-15,17H2,1-2H3,(H,29,34). The van der Waals surface area contributed by atoms with E-state index in [1.165, 1.54) is 17.4 Å². The average Bonchev–Trinajstić information content (AvgIpc) is 2.88. The second-order valence-electron chi connectivity index (χ2n) is 8.55. The number of halogens is 2. The van der Waals surface area contributed by atoms with Gasteiger partial charge in [0.2, 0.25) is 0 Å². The van der Waals surface area contributed by atoms with Crippen molar-refractivity contribution >= 4 is 52.4 Å². The third-order valence-corrected chi connectivity index (χ3v) is 7.39. The van der Waals surface area contributed by atoms with Gasteiger partial charge in [0.1, 0.15) is 11.0 Å². The fraction of sp³-hybridized carbons (Fsp3) is 0.346. The summed E-state index contributed by atoms with van der Waals surface area (Å²) >= 11 is 13.9. The molecule has 6 nitrogen and oxygen atoms in total. The molecule has 1 unspecified atom stereocenters. The van der Waals surface area contributed by atoms with Crippen LogP contribution in [0.3, 0.4) is 0 Å². The number of thioether (sulfide) groups is 1. The second-order valence-corrected chi connectivity index (χ2v) is 10.3. The van der Waals surface area contributed by atoms with Crippen LogP contribution in [-0.2, 0) is 5.75 Å². The molecule has 3 aromatic rings. The Morgan fingerprint density at radius 1 is 1.00 bits per heavy atom. The van der Waals surface area contributed by atoms with Crippen molar-refractivity contribution in [2.24, 2.45) is 0 Å². The molecular weight excluding hydrogens is 501 g/mol. The van der Waals surface area contributed by atoms with Gasteiger partial charge in [0, 0.05) is 60.3 Å². The van der Waals surface area contributed by atoms with Gasteiger partial charge >= 0.3 is 0 Å². The van der Waals surface area contributed by atoms with Gasteiger partial charge in [0.25, 0.3) is 5.91 Å². The number of rotatable bonds is 8. The molecule has 1 fully saturated rings. The molecule has 0 radical (unpaired) electrons. The number of carbonyl (C=O) groups excluding carboxylic acids is 1. The van der Waals surface area contributed by atoms with Gasteiger partial charge < -0.3 is 15.1 Å². The van der Waals surface area contributed by atoms with Crippen molar-refractivity contribution in [2.45, 2.75) is 37.2 Å². The van der Waals surface area contributed by atoms with E-state index >= 15 is 0 Å². The fourth-order valence-corrected chi connectivity index (χ4v) is 4.93. The van der Waals surface area contributed by atoms with Gasteiger partial charge in [-0.2, -0.15) is 0 Å². The van der Waals surface area contributed by atoms with Crippen LogP contribution in [-0.4, -0.2) is 48.1 Å². The summed E-state index contributed by atoms with van der Waals surface area (Å²) in [5, 5.41) is 4.82. The van der Waals surface area contributed by atoms with E-state index in [-0.39, 0.29) is 11.9 Å². The number of piperazine rings is 1. The first kappa shape index (κ1) is 25.6. The Bertz CT molecular complexity index is 1140. The fourth-order valence-electron chi connectivity index (χ4n) is 3.77. The van der Waals surface area contributed by atoms with Crippen molar-refractivity contribution in [3.63, 3.8) is 0 Å². The van der Waals surface area contributed by atoms with E-state index in [0.717, 1.165) is 49.0 Å². The molecule has 0 aliphatic carbocycles. The van der Waals surface area contributed by atoms with Crippen LogP contribution in [0.1, 0.15) is 36.2 Å². The van der Waals surface area contributed by atoms with E-state index in [2.05, 4.69) is 39.2 Å². The van der Waals surface area contributed by atoms with E-state index < -0.39 is 0 Å².